The molecule has 37 heavy (non-hydrogen) atoms. The number of ether oxygens (including phenoxy) is 2. The molecule has 1 atom stereocenters. The van der Waals surface area contributed by atoms with Gasteiger partial charge in [-0.15, -0.1) is 0 Å². The molecule has 1 heterocycles. The van der Waals surface area contributed by atoms with E-state index in [9.17, 15) is 19.5 Å². The van der Waals surface area contributed by atoms with E-state index >= 15 is 0 Å². The fourth-order valence-corrected chi connectivity index (χ4v) is 4.26. The van der Waals surface area contributed by atoms with Crippen molar-refractivity contribution in [3.8, 4) is 5.75 Å². The van der Waals surface area contributed by atoms with Crippen LogP contribution in [0.5, 0.6) is 5.75 Å². The topological polar surface area (TPSA) is 93.1 Å². The molecule has 0 spiro atoms. The number of benzene rings is 3. The minimum Gasteiger partial charge on any atom is -0.507 e. The number of carbonyl (C=O) groups is 3. The quantitative estimate of drug-likeness (QED) is 0.195. The third-order valence-electron chi connectivity index (χ3n) is 5.74. The van der Waals surface area contributed by atoms with Crippen molar-refractivity contribution in [1.29, 1.82) is 0 Å². The van der Waals surface area contributed by atoms with Crippen LogP contribution >= 0.6 is 0 Å². The maximum absolute atomic E-state index is 13.4. The van der Waals surface area contributed by atoms with E-state index in [2.05, 4.69) is 0 Å². The fourth-order valence-electron chi connectivity index (χ4n) is 4.26. The van der Waals surface area contributed by atoms with E-state index in [1.54, 1.807) is 80.6 Å². The highest BCUT2D eigenvalue weighted by Crippen LogP contribution is 2.42. The Hall–Kier alpha value is -4.39. The molecule has 1 fully saturated rings. The van der Waals surface area contributed by atoms with Crippen LogP contribution in [0.25, 0.3) is 5.76 Å². The number of hydrogen-bond donors (Lipinski definition) is 1. The number of carbonyl (C=O) groups excluding carboxylic acids is 3. The largest absolute Gasteiger partial charge is 0.507 e. The van der Waals surface area contributed by atoms with Gasteiger partial charge in [0.05, 0.1) is 29.4 Å². The molecule has 1 amide bonds. The first kappa shape index (κ1) is 25.7. The van der Waals surface area contributed by atoms with Crippen molar-refractivity contribution in [2.24, 2.45) is 0 Å². The number of esters is 1. The van der Waals surface area contributed by atoms with Gasteiger partial charge in [-0.3, -0.25) is 14.5 Å². The molecule has 3 aromatic rings. The summed E-state index contributed by atoms with van der Waals surface area (Å²) >= 11 is 0. The van der Waals surface area contributed by atoms with Gasteiger partial charge >= 0.3 is 5.97 Å². The summed E-state index contributed by atoms with van der Waals surface area (Å²) in [5.41, 5.74) is 1.52. The fraction of sp³-hybridized carbons (Fsp3) is 0.233. The first-order chi connectivity index (χ1) is 17.7. The maximum atomic E-state index is 13.4. The Kier molecular flexibility index (Phi) is 7.43. The monoisotopic (exact) mass is 499 g/mol. The number of rotatable bonds is 7. The summed E-state index contributed by atoms with van der Waals surface area (Å²) in [5.74, 6) is -1.94. The van der Waals surface area contributed by atoms with E-state index in [1.807, 2.05) is 19.9 Å². The Morgan fingerprint density at radius 3 is 2.19 bits per heavy atom. The van der Waals surface area contributed by atoms with Crippen LogP contribution in [0.2, 0.25) is 0 Å². The lowest BCUT2D eigenvalue weighted by atomic mass is 9.95. The van der Waals surface area contributed by atoms with Crippen molar-refractivity contribution in [2.75, 3.05) is 4.90 Å². The lowest BCUT2D eigenvalue weighted by Gasteiger charge is -2.26. The summed E-state index contributed by atoms with van der Waals surface area (Å²) in [5, 5.41) is 11.4. The van der Waals surface area contributed by atoms with E-state index in [0.717, 1.165) is 0 Å². The average molecular weight is 500 g/mol. The van der Waals surface area contributed by atoms with Crippen LogP contribution in [0.1, 0.15) is 55.2 Å². The Morgan fingerprint density at radius 1 is 0.838 bits per heavy atom. The smallest absolute Gasteiger partial charge is 0.338 e. The maximum Gasteiger partial charge on any atom is 0.338 e. The molecule has 7 nitrogen and oxygen atoms in total. The Bertz CT molecular complexity index is 1360. The molecule has 0 aromatic heterocycles. The first-order valence-corrected chi connectivity index (χ1v) is 12.1. The molecule has 1 aliphatic heterocycles. The van der Waals surface area contributed by atoms with Crippen molar-refractivity contribution < 1.29 is 29.0 Å². The molecule has 1 unspecified atom stereocenters. The standard InChI is InChI=1S/C30H29NO6/c1-18(2)36-24-15-9-12-21(17-24)27(32)25-26(20-10-6-5-7-11-20)31(29(34)28(25)33)23-14-8-13-22(16-23)30(35)37-19(3)4/h5-19,26,32H,1-4H3/b27-25+. The van der Waals surface area contributed by atoms with E-state index < -0.39 is 23.7 Å². The number of anilines is 1. The predicted molar refractivity (Wildman–Crippen MR) is 140 cm³/mol. The summed E-state index contributed by atoms with van der Waals surface area (Å²) < 4.78 is 11.0. The van der Waals surface area contributed by atoms with Gasteiger partial charge in [-0.1, -0.05) is 48.5 Å². The van der Waals surface area contributed by atoms with Crippen molar-refractivity contribution in [1.82, 2.24) is 0 Å². The molecule has 0 saturated carbocycles. The molecule has 1 N–H and O–H groups in total. The van der Waals surface area contributed by atoms with E-state index in [1.165, 1.54) is 11.0 Å². The lowest BCUT2D eigenvalue weighted by molar-refractivity contribution is -0.132. The minimum absolute atomic E-state index is 0.0481. The predicted octanol–water partition coefficient (Wildman–Crippen LogP) is 5.67. The zero-order valence-corrected chi connectivity index (χ0v) is 21.2. The molecule has 190 valence electrons. The number of aliphatic hydroxyl groups is 1. The van der Waals surface area contributed by atoms with Gasteiger partial charge in [-0.25, -0.2) is 4.79 Å². The van der Waals surface area contributed by atoms with Crippen molar-refractivity contribution in [2.45, 2.75) is 45.9 Å². The van der Waals surface area contributed by atoms with Crippen molar-refractivity contribution in [3.63, 3.8) is 0 Å². The molecule has 0 radical (unpaired) electrons. The molecule has 1 aliphatic rings. The normalized spacial score (nSPS) is 16.9. The third-order valence-corrected chi connectivity index (χ3v) is 5.74. The van der Waals surface area contributed by atoms with E-state index in [-0.39, 0.29) is 29.1 Å². The Morgan fingerprint density at radius 2 is 1.51 bits per heavy atom. The number of ketones is 1. The highest BCUT2D eigenvalue weighted by molar-refractivity contribution is 6.51. The van der Waals surface area contributed by atoms with Crippen LogP contribution in [-0.4, -0.2) is 35.0 Å². The van der Waals surface area contributed by atoms with Gasteiger partial charge in [0.25, 0.3) is 11.7 Å². The highest BCUT2D eigenvalue weighted by Gasteiger charge is 2.47. The second kappa shape index (κ2) is 10.7. The van der Waals surface area contributed by atoms with Gasteiger partial charge in [0.1, 0.15) is 11.5 Å². The van der Waals surface area contributed by atoms with Gasteiger partial charge in [-0.2, -0.15) is 0 Å². The molecule has 7 heteroatoms. The number of aliphatic hydroxyl groups excluding tert-OH is 1. The molecular formula is C30H29NO6. The zero-order chi connectivity index (χ0) is 26.7. The third kappa shape index (κ3) is 5.40. The van der Waals surface area contributed by atoms with Crippen molar-refractivity contribution >= 4 is 29.1 Å². The number of Topliss-reactive ketones (excluding diaryl/α,β-unsaturated/α-hetero) is 1. The van der Waals surface area contributed by atoms with Crippen LogP contribution in [-0.2, 0) is 14.3 Å². The molecule has 3 aromatic carbocycles. The molecule has 1 saturated heterocycles. The molecule has 0 bridgehead atoms. The summed E-state index contributed by atoms with van der Waals surface area (Å²) in [6.07, 6.45) is -0.396. The van der Waals surface area contributed by atoms with Crippen LogP contribution in [0.15, 0.2) is 84.4 Å². The first-order valence-electron chi connectivity index (χ1n) is 12.1. The van der Waals surface area contributed by atoms with Crippen LogP contribution in [0.3, 0.4) is 0 Å². The Labute approximate surface area is 215 Å². The summed E-state index contributed by atoms with van der Waals surface area (Å²) in [7, 11) is 0. The molecular weight excluding hydrogens is 470 g/mol. The van der Waals surface area contributed by atoms with Gasteiger partial charge in [-0.05, 0) is 63.6 Å². The van der Waals surface area contributed by atoms with Crippen LogP contribution < -0.4 is 9.64 Å². The van der Waals surface area contributed by atoms with Gasteiger partial charge < -0.3 is 14.6 Å². The van der Waals surface area contributed by atoms with Crippen LogP contribution in [0, 0.1) is 0 Å². The van der Waals surface area contributed by atoms with Crippen molar-refractivity contribution in [3.05, 3.63) is 101 Å². The second-order valence-corrected chi connectivity index (χ2v) is 9.28. The number of hydrogen-bond acceptors (Lipinski definition) is 6. The summed E-state index contributed by atoms with van der Waals surface area (Å²) in [6.45, 7) is 7.27. The lowest BCUT2D eigenvalue weighted by Crippen LogP contribution is -2.29. The molecule has 0 aliphatic carbocycles. The Balaban J connectivity index is 1.86. The highest BCUT2D eigenvalue weighted by atomic mass is 16.5. The SMILES string of the molecule is CC(C)OC(=O)c1cccc(N2C(=O)C(=O)/C(=C(/O)c3cccc(OC(C)C)c3)C2c2ccccc2)c1. The van der Waals surface area contributed by atoms with Gasteiger partial charge in [0.15, 0.2) is 0 Å². The summed E-state index contributed by atoms with van der Waals surface area (Å²) in [4.78, 5) is 40.6. The molecule has 4 rings (SSSR count). The van der Waals surface area contributed by atoms with E-state index in [4.69, 9.17) is 9.47 Å². The van der Waals surface area contributed by atoms with Gasteiger partial charge in [0, 0.05) is 11.3 Å². The zero-order valence-electron chi connectivity index (χ0n) is 21.2. The average Bonchev–Trinajstić information content (AvgIpc) is 3.14. The summed E-state index contributed by atoms with van der Waals surface area (Å²) in [6, 6.07) is 21.2. The van der Waals surface area contributed by atoms with E-state index in [0.29, 0.717) is 22.6 Å². The number of amides is 1. The van der Waals surface area contributed by atoms with Crippen LogP contribution in [0.4, 0.5) is 5.69 Å². The number of nitrogens with zero attached hydrogens (tertiary/aromatic N) is 1. The van der Waals surface area contributed by atoms with Gasteiger partial charge in [0.2, 0.25) is 0 Å². The minimum atomic E-state index is -0.910. The second-order valence-electron chi connectivity index (χ2n) is 9.28.